The predicted molar refractivity (Wildman–Crippen MR) is 385 cm³/mol. The molecular weight excluding hydrogens is 1350 g/mol. The van der Waals surface area contributed by atoms with Gasteiger partial charge in [-0.05, 0) is 101 Å². The number of allylic oxidation sites excluding steroid dienone is 1. The van der Waals surface area contributed by atoms with Crippen molar-refractivity contribution in [1.29, 1.82) is 0 Å². The average Bonchev–Trinajstić information content (AvgIpc) is 1.53. The molecule has 0 radical (unpaired) electrons. The summed E-state index contributed by atoms with van der Waals surface area (Å²) in [6, 6.07) is -9.62. The molecule has 582 valence electrons. The van der Waals surface area contributed by atoms with Gasteiger partial charge in [0.15, 0.2) is 5.96 Å². The summed E-state index contributed by atoms with van der Waals surface area (Å²) in [6.45, 7) is 25.9. The van der Waals surface area contributed by atoms with E-state index in [1.807, 2.05) is 0 Å². The van der Waals surface area contributed by atoms with Crippen molar-refractivity contribution < 1.29 is 82.1 Å². The first-order valence-corrected chi connectivity index (χ1v) is 35.9. The first kappa shape index (κ1) is 88.9. The number of ether oxygens (including phenoxy) is 1. The number of nitrogens with zero attached hydrogens (tertiary/aromatic N) is 2. The Morgan fingerprint density at radius 3 is 1.44 bits per heavy atom. The van der Waals surface area contributed by atoms with E-state index in [1.165, 1.54) is 31.7 Å². The molecule has 33 nitrogen and oxygen atoms in total. The highest BCUT2D eigenvalue weighted by Crippen LogP contribution is 2.23. The third-order valence-corrected chi connectivity index (χ3v) is 18.3. The van der Waals surface area contributed by atoms with Gasteiger partial charge in [0.2, 0.25) is 70.9 Å². The minimum atomic E-state index is -1.87. The molecule has 0 saturated carbocycles. The van der Waals surface area contributed by atoms with Crippen LogP contribution in [0.2, 0.25) is 0 Å². The number of amides is 13. The Morgan fingerprint density at radius 1 is 0.538 bits per heavy atom. The molecule has 1 aromatic carbocycles. The van der Waals surface area contributed by atoms with Crippen molar-refractivity contribution in [3.8, 4) is 0 Å². The van der Waals surface area contributed by atoms with E-state index in [9.17, 15) is 77.3 Å². The second-order valence-electron chi connectivity index (χ2n) is 28.5. The molecule has 104 heavy (non-hydrogen) atoms. The number of carbonyl (C=O) groups excluding carboxylic acids is 14. The molecule has 0 spiro atoms. The molecule has 2 aliphatic heterocycles. The number of hydrogen-bond donors (Lipinski definition) is 16. The summed E-state index contributed by atoms with van der Waals surface area (Å²) < 4.78 is 5.35. The Bertz CT molecular complexity index is 3210. The van der Waals surface area contributed by atoms with Gasteiger partial charge in [0.1, 0.15) is 84.3 Å². The first-order valence-electron chi connectivity index (χ1n) is 35.9. The van der Waals surface area contributed by atoms with Crippen LogP contribution in [0.15, 0.2) is 47.1 Å². The number of nitrogens with one attached hydrogen (secondary N) is 12. The molecule has 2 aliphatic rings. The number of hydrogen-bond acceptors (Lipinski definition) is 18. The molecule has 0 bridgehead atoms. The Hall–Kier alpha value is -9.27. The molecule has 18 N–H and O–H groups in total. The van der Waals surface area contributed by atoms with E-state index in [2.05, 4.69) is 68.8 Å². The molecule has 0 unspecified atom stereocenters. The van der Waals surface area contributed by atoms with E-state index in [-0.39, 0.29) is 63.5 Å². The summed E-state index contributed by atoms with van der Waals surface area (Å²) in [4.78, 5) is 207. The fourth-order valence-corrected chi connectivity index (χ4v) is 11.8. The fraction of sp³-hybridized carbons (Fsp3) is 0.676. The van der Waals surface area contributed by atoms with Crippen LogP contribution in [0.4, 0.5) is 0 Å². The number of aliphatic imine (C=N–C) groups is 1. The van der Waals surface area contributed by atoms with Crippen LogP contribution >= 0.6 is 0 Å². The van der Waals surface area contributed by atoms with Crippen LogP contribution in [0.25, 0.3) is 0 Å². The Kier molecular flexibility index (Phi) is 36.3. The van der Waals surface area contributed by atoms with Crippen molar-refractivity contribution in [2.24, 2.45) is 52.0 Å². The maximum absolute atomic E-state index is 14.8. The molecule has 0 aromatic heterocycles. The van der Waals surface area contributed by atoms with Gasteiger partial charge in [-0.15, -0.1) is 0 Å². The highest BCUT2D eigenvalue weighted by Gasteiger charge is 2.44. The van der Waals surface area contributed by atoms with Crippen LogP contribution < -0.4 is 75.3 Å². The molecule has 0 aliphatic carbocycles. The van der Waals surface area contributed by atoms with Gasteiger partial charge < -0.3 is 95.1 Å². The summed E-state index contributed by atoms with van der Waals surface area (Å²) >= 11 is 0. The Morgan fingerprint density at radius 2 is 0.962 bits per heavy atom. The molecule has 2 saturated heterocycles. The molecule has 3 rings (SSSR count). The number of aliphatic hydroxyl groups is 2. The predicted octanol–water partition coefficient (Wildman–Crippen LogP) is -1.54. The van der Waals surface area contributed by atoms with Crippen LogP contribution in [0.3, 0.4) is 0 Å². The number of carbonyl (C=O) groups is 14. The number of esters is 1. The zero-order valence-electron chi connectivity index (χ0n) is 63.2. The monoisotopic (exact) mass is 1460 g/mol. The second kappa shape index (κ2) is 42.5. The maximum atomic E-state index is 14.8. The van der Waals surface area contributed by atoms with E-state index in [4.69, 9.17) is 16.2 Å². The van der Waals surface area contributed by atoms with Gasteiger partial charge in [-0.3, -0.25) is 72.1 Å². The molecule has 1 aromatic rings. The number of rotatable bonds is 19. The van der Waals surface area contributed by atoms with Crippen molar-refractivity contribution in [2.75, 3.05) is 13.1 Å². The minimum Gasteiger partial charge on any atom is -0.460 e. The van der Waals surface area contributed by atoms with Crippen molar-refractivity contribution in [1.82, 2.24) is 68.7 Å². The lowest BCUT2D eigenvalue weighted by Crippen LogP contribution is -2.64. The van der Waals surface area contributed by atoms with E-state index in [1.54, 1.807) is 113 Å². The van der Waals surface area contributed by atoms with Gasteiger partial charge in [0, 0.05) is 26.4 Å². The first-order chi connectivity index (χ1) is 48.7. The maximum Gasteiger partial charge on any atom is 0.302 e. The lowest BCUT2D eigenvalue weighted by molar-refractivity contribution is -0.151. The molecular formula is C71H116N16O17. The van der Waals surface area contributed by atoms with Crippen molar-refractivity contribution in [3.63, 3.8) is 0 Å². The normalized spacial score (nSPS) is 27.0. The molecule has 17 atom stereocenters. The number of benzene rings is 1. The SMILES string of the molecule is C/C=C1\NC(=O)[C@H](Cc2ccccc2)NC(=O)[C@@H]([C@@H](C)CC)NC(=O)[C@H]([C@H](C)CC)NC(=O)[C@@H]([C@@H](C)O)NC(=O)[C@@H](CC(C)C)NC(=O)[C@@H](CCCN=C(N)N)NC(=O)[C@@H]2CCCN2C(=O)[C@H](C(C)C)NC(=O)[C@@H](C(C)C)NC(=O)[C@H]([C@H](C)O)NC(=O)[C@H]([C@H](C)OC(C)=O)NC(=O)[C@@H](C(C)C)NC1=O. The zero-order chi connectivity index (χ0) is 78.7. The summed E-state index contributed by atoms with van der Waals surface area (Å²) in [6.07, 6.45) is -2.81. The molecule has 13 amide bonds. The minimum absolute atomic E-state index is 0.00401. The smallest absolute Gasteiger partial charge is 0.302 e. The molecule has 2 fully saturated rings. The summed E-state index contributed by atoms with van der Waals surface area (Å²) in [7, 11) is 0. The Labute approximate surface area is 609 Å². The third-order valence-electron chi connectivity index (χ3n) is 18.3. The lowest BCUT2D eigenvalue weighted by atomic mass is 9.94. The van der Waals surface area contributed by atoms with Gasteiger partial charge in [0.25, 0.3) is 5.91 Å². The molecule has 2 heterocycles. The van der Waals surface area contributed by atoms with E-state index < -0.39 is 209 Å². The average molecular weight is 1470 g/mol. The second-order valence-corrected chi connectivity index (χ2v) is 28.5. The summed E-state index contributed by atoms with van der Waals surface area (Å²) in [5, 5.41) is 53.7. The standard InChI is InChI=1S/C71H116N16O17/c1-18-38(12)53-65(98)78-48(33-44-26-22-21-23-27-44)60(93)75-45(20-3)58(91)79-50(35(6)7)64(97)86-57(42(16)104-43(17)90)69(102)85-56(41(15)89)67(100)80-51(36(8)9)63(96)81-52(37(10)11)70(103)87-31-25-29-49(87)62(95)76-46(28-24-30-74-71(72)73)59(92)77-47(32-34(4)5)61(94)84-55(40(14)88)68(101)83-54(39(13)19-2)66(99)82-53/h20-23,26-27,34-42,46-57,88-89H,18-19,24-25,28-33H2,1-17H3,(H,75,93)(H,76,95)(H,77,92)(H,78,98)(H,79,91)(H,80,100)(H,81,96)(H,82,99)(H,83,101)(H,84,94)(H,85,102)(H,86,97)(H4,72,73,74)/b45-20-/t38-,39+,40+,41-,42-,46+,47+,48-,49-,50+,51+,52-,53+,54-,55+,56-,57-/m0/s1. The van der Waals surface area contributed by atoms with Crippen LogP contribution in [0.5, 0.6) is 0 Å². The largest absolute Gasteiger partial charge is 0.460 e. The van der Waals surface area contributed by atoms with Crippen LogP contribution in [-0.4, -0.2) is 208 Å². The number of fused-ring (bicyclic) bond motifs is 1. The van der Waals surface area contributed by atoms with Crippen LogP contribution in [0, 0.1) is 35.5 Å². The van der Waals surface area contributed by atoms with Gasteiger partial charge in [-0.1, -0.05) is 132 Å². The van der Waals surface area contributed by atoms with Gasteiger partial charge >= 0.3 is 5.97 Å². The zero-order valence-corrected chi connectivity index (χ0v) is 63.2. The Balaban J connectivity index is 2.31. The van der Waals surface area contributed by atoms with Crippen molar-refractivity contribution >= 4 is 88.7 Å². The number of nitrogens with two attached hydrogens (primary N) is 2. The van der Waals surface area contributed by atoms with Crippen LogP contribution in [0.1, 0.15) is 168 Å². The van der Waals surface area contributed by atoms with E-state index in [0.29, 0.717) is 18.4 Å². The highest BCUT2D eigenvalue weighted by atomic mass is 16.5. The lowest BCUT2D eigenvalue weighted by Gasteiger charge is -2.33. The van der Waals surface area contributed by atoms with E-state index >= 15 is 0 Å². The van der Waals surface area contributed by atoms with E-state index in [0.717, 1.165) is 13.8 Å². The number of guanidine groups is 1. The van der Waals surface area contributed by atoms with Crippen molar-refractivity contribution in [2.45, 2.75) is 260 Å². The van der Waals surface area contributed by atoms with Gasteiger partial charge in [-0.2, -0.15) is 0 Å². The highest BCUT2D eigenvalue weighted by molar-refractivity contribution is 6.03. The quantitative estimate of drug-likeness (QED) is 0.0245. The van der Waals surface area contributed by atoms with Crippen molar-refractivity contribution in [3.05, 3.63) is 47.7 Å². The van der Waals surface area contributed by atoms with Gasteiger partial charge in [-0.25, -0.2) is 0 Å². The molecule has 33 heteroatoms. The summed E-state index contributed by atoms with van der Waals surface area (Å²) in [5.74, 6) is -17.0. The third kappa shape index (κ3) is 27.1. The van der Waals surface area contributed by atoms with Crippen LogP contribution in [-0.2, 0) is 78.3 Å². The topological polar surface area (TPSA) is 501 Å². The summed E-state index contributed by atoms with van der Waals surface area (Å²) in [5.41, 5.74) is 11.4. The number of aliphatic hydroxyl groups excluding tert-OH is 2. The van der Waals surface area contributed by atoms with Gasteiger partial charge in [0.05, 0.1) is 12.2 Å². The fourth-order valence-electron chi connectivity index (χ4n) is 11.8.